The second kappa shape index (κ2) is 9.89. The van der Waals surface area contributed by atoms with Crippen LogP contribution >= 0.6 is 0 Å². The second-order valence-corrected chi connectivity index (χ2v) is 8.10. The summed E-state index contributed by atoms with van der Waals surface area (Å²) in [6.07, 6.45) is 4.82. The fourth-order valence-electron chi connectivity index (χ4n) is 2.52. The zero-order chi connectivity index (χ0) is 20.6. The van der Waals surface area contributed by atoms with Gasteiger partial charge in [0.2, 0.25) is 15.9 Å². The molecule has 0 aliphatic carbocycles. The lowest BCUT2D eigenvalue weighted by Crippen LogP contribution is -2.27. The van der Waals surface area contributed by atoms with E-state index in [0.717, 1.165) is 11.8 Å². The SMILES string of the molecule is CN(CCCNC(=O)C=Cc1ccc(NS(C)(=O)=O)cc1)c1ccccc1F. The summed E-state index contributed by atoms with van der Waals surface area (Å²) < 4.78 is 38.4. The maximum atomic E-state index is 13.7. The van der Waals surface area contributed by atoms with E-state index in [4.69, 9.17) is 0 Å². The number of para-hydroxylation sites is 1. The Balaban J connectivity index is 1.74. The Hall–Kier alpha value is -2.87. The van der Waals surface area contributed by atoms with Gasteiger partial charge in [0.15, 0.2) is 0 Å². The van der Waals surface area contributed by atoms with Crippen molar-refractivity contribution in [1.82, 2.24) is 5.32 Å². The quantitative estimate of drug-likeness (QED) is 0.497. The molecule has 0 fully saturated rings. The fourth-order valence-corrected chi connectivity index (χ4v) is 3.08. The molecule has 8 heteroatoms. The highest BCUT2D eigenvalue weighted by Crippen LogP contribution is 2.16. The number of anilines is 2. The lowest BCUT2D eigenvalue weighted by atomic mass is 10.2. The monoisotopic (exact) mass is 405 g/mol. The van der Waals surface area contributed by atoms with Crippen molar-refractivity contribution in [3.63, 3.8) is 0 Å². The molecule has 150 valence electrons. The third-order valence-corrected chi connectivity index (χ3v) is 4.48. The molecule has 0 bridgehead atoms. The Morgan fingerprint density at radius 3 is 2.46 bits per heavy atom. The highest BCUT2D eigenvalue weighted by Gasteiger charge is 2.06. The van der Waals surface area contributed by atoms with Crippen molar-refractivity contribution in [1.29, 1.82) is 0 Å². The Kier molecular flexibility index (Phi) is 7.57. The second-order valence-electron chi connectivity index (χ2n) is 6.35. The van der Waals surface area contributed by atoms with Crippen molar-refractivity contribution in [2.45, 2.75) is 6.42 Å². The van der Waals surface area contributed by atoms with Gasteiger partial charge in [-0.1, -0.05) is 24.3 Å². The molecule has 6 nitrogen and oxygen atoms in total. The van der Waals surface area contributed by atoms with E-state index < -0.39 is 10.0 Å². The van der Waals surface area contributed by atoms with Crippen molar-refractivity contribution in [2.24, 2.45) is 0 Å². The van der Waals surface area contributed by atoms with Gasteiger partial charge in [-0.05, 0) is 42.3 Å². The summed E-state index contributed by atoms with van der Waals surface area (Å²) in [5.41, 5.74) is 1.76. The third-order valence-electron chi connectivity index (χ3n) is 3.87. The van der Waals surface area contributed by atoms with Crippen LogP contribution in [0, 0.1) is 5.82 Å². The molecule has 0 saturated heterocycles. The van der Waals surface area contributed by atoms with Crippen LogP contribution in [0.5, 0.6) is 0 Å². The molecule has 2 aromatic carbocycles. The number of sulfonamides is 1. The first-order chi connectivity index (χ1) is 13.2. The number of carbonyl (C=O) groups excluding carboxylic acids is 1. The standard InChI is InChI=1S/C20H24FN3O3S/c1-24(19-7-4-3-6-18(19)21)15-5-14-22-20(25)13-10-16-8-11-17(12-9-16)23-28(2,26)27/h3-4,6-13,23H,5,14-15H2,1-2H3,(H,22,25). The average molecular weight is 405 g/mol. The van der Waals surface area contributed by atoms with Gasteiger partial charge in [-0.2, -0.15) is 0 Å². The lowest BCUT2D eigenvalue weighted by Gasteiger charge is -2.19. The summed E-state index contributed by atoms with van der Waals surface area (Å²) >= 11 is 0. The predicted octanol–water partition coefficient (Wildman–Crippen LogP) is 2.85. The normalized spacial score (nSPS) is 11.4. The van der Waals surface area contributed by atoms with Crippen LogP contribution in [0.15, 0.2) is 54.6 Å². The number of nitrogens with one attached hydrogen (secondary N) is 2. The lowest BCUT2D eigenvalue weighted by molar-refractivity contribution is -0.116. The molecule has 0 aliphatic heterocycles. The first-order valence-electron chi connectivity index (χ1n) is 8.74. The van der Waals surface area contributed by atoms with Gasteiger partial charge in [0.25, 0.3) is 0 Å². The zero-order valence-electron chi connectivity index (χ0n) is 15.9. The minimum absolute atomic E-state index is 0.230. The molecule has 0 aliphatic rings. The molecule has 0 aromatic heterocycles. The summed E-state index contributed by atoms with van der Waals surface area (Å²) in [5.74, 6) is -0.499. The Labute approximate surface area is 165 Å². The topological polar surface area (TPSA) is 78.5 Å². The summed E-state index contributed by atoms with van der Waals surface area (Å²) in [6, 6.07) is 13.2. The Morgan fingerprint density at radius 2 is 1.82 bits per heavy atom. The number of hydrogen-bond donors (Lipinski definition) is 2. The van der Waals surface area contributed by atoms with Crippen LogP contribution < -0.4 is 14.9 Å². The number of nitrogens with zero attached hydrogens (tertiary/aromatic N) is 1. The molecule has 0 radical (unpaired) electrons. The minimum atomic E-state index is -3.31. The number of hydrogen-bond acceptors (Lipinski definition) is 4. The van der Waals surface area contributed by atoms with E-state index in [0.29, 0.717) is 30.9 Å². The molecule has 2 N–H and O–H groups in total. The highest BCUT2D eigenvalue weighted by molar-refractivity contribution is 7.92. The molecule has 0 saturated carbocycles. The number of amides is 1. The van der Waals surface area contributed by atoms with Crippen LogP contribution in [0.4, 0.5) is 15.8 Å². The maximum Gasteiger partial charge on any atom is 0.244 e. The van der Waals surface area contributed by atoms with Crippen LogP contribution in [0.1, 0.15) is 12.0 Å². The molecular formula is C20H24FN3O3S. The molecule has 2 rings (SSSR count). The third kappa shape index (κ3) is 7.40. The van der Waals surface area contributed by atoms with Gasteiger partial charge in [-0.25, -0.2) is 12.8 Å². The van der Waals surface area contributed by atoms with E-state index in [-0.39, 0.29) is 11.7 Å². The molecule has 28 heavy (non-hydrogen) atoms. The molecule has 0 atom stereocenters. The van der Waals surface area contributed by atoms with Crippen LogP contribution in [0.2, 0.25) is 0 Å². The summed E-state index contributed by atoms with van der Waals surface area (Å²) in [6.45, 7) is 1.08. The van der Waals surface area contributed by atoms with E-state index in [2.05, 4.69) is 10.0 Å². The summed E-state index contributed by atoms with van der Waals surface area (Å²) in [4.78, 5) is 13.7. The number of carbonyl (C=O) groups is 1. The van der Waals surface area contributed by atoms with Crippen molar-refractivity contribution >= 4 is 33.4 Å². The van der Waals surface area contributed by atoms with Crippen LogP contribution in [0.25, 0.3) is 6.08 Å². The van der Waals surface area contributed by atoms with Gasteiger partial charge >= 0.3 is 0 Å². The van der Waals surface area contributed by atoms with Gasteiger partial charge in [0.05, 0.1) is 11.9 Å². The van der Waals surface area contributed by atoms with E-state index >= 15 is 0 Å². The number of rotatable bonds is 9. The van der Waals surface area contributed by atoms with Crippen LogP contribution in [0.3, 0.4) is 0 Å². The van der Waals surface area contributed by atoms with Crippen molar-refractivity contribution < 1.29 is 17.6 Å². The van der Waals surface area contributed by atoms with Crippen molar-refractivity contribution in [3.05, 3.63) is 66.0 Å². The number of benzene rings is 2. The smallest absolute Gasteiger partial charge is 0.244 e. The molecule has 1 amide bonds. The first-order valence-corrected chi connectivity index (χ1v) is 10.6. The van der Waals surface area contributed by atoms with Crippen LogP contribution in [-0.4, -0.2) is 40.7 Å². The molecule has 0 unspecified atom stereocenters. The summed E-state index contributed by atoms with van der Waals surface area (Å²) in [5, 5.41) is 2.78. The first kappa shape index (κ1) is 21.4. The molecule has 0 heterocycles. The predicted molar refractivity (Wildman–Crippen MR) is 111 cm³/mol. The fraction of sp³-hybridized carbons (Fsp3) is 0.250. The molecular weight excluding hydrogens is 381 g/mol. The van der Waals surface area contributed by atoms with E-state index in [9.17, 15) is 17.6 Å². The van der Waals surface area contributed by atoms with E-state index in [1.165, 1.54) is 12.1 Å². The molecule has 0 spiro atoms. The Bertz CT molecular complexity index is 928. The van der Waals surface area contributed by atoms with Gasteiger partial charge in [-0.15, -0.1) is 0 Å². The van der Waals surface area contributed by atoms with Gasteiger partial charge in [0.1, 0.15) is 5.82 Å². The van der Waals surface area contributed by atoms with E-state index in [1.807, 2.05) is 11.9 Å². The van der Waals surface area contributed by atoms with Crippen LogP contribution in [-0.2, 0) is 14.8 Å². The number of halogens is 1. The van der Waals surface area contributed by atoms with E-state index in [1.54, 1.807) is 48.5 Å². The minimum Gasteiger partial charge on any atom is -0.372 e. The van der Waals surface area contributed by atoms with Gasteiger partial charge in [0, 0.05) is 31.9 Å². The highest BCUT2D eigenvalue weighted by atomic mass is 32.2. The van der Waals surface area contributed by atoms with Gasteiger partial charge in [-0.3, -0.25) is 9.52 Å². The van der Waals surface area contributed by atoms with Crippen molar-refractivity contribution in [2.75, 3.05) is 36.0 Å². The summed E-state index contributed by atoms with van der Waals surface area (Å²) in [7, 11) is -1.50. The van der Waals surface area contributed by atoms with Gasteiger partial charge < -0.3 is 10.2 Å². The molecule has 2 aromatic rings. The maximum absolute atomic E-state index is 13.7. The zero-order valence-corrected chi connectivity index (χ0v) is 16.7. The Morgan fingerprint density at radius 1 is 1.14 bits per heavy atom. The largest absolute Gasteiger partial charge is 0.372 e. The average Bonchev–Trinajstić information content (AvgIpc) is 2.63. The van der Waals surface area contributed by atoms with Crippen molar-refractivity contribution in [3.8, 4) is 0 Å².